The summed E-state index contributed by atoms with van der Waals surface area (Å²) in [4.78, 5) is 23.4. The molecule has 0 aliphatic carbocycles. The molecule has 7 nitrogen and oxygen atoms in total. The van der Waals surface area contributed by atoms with Crippen LogP contribution in [0.1, 0.15) is 12.0 Å². The fraction of sp³-hybridized carbons (Fsp3) is 0.357. The number of methoxy groups -OCH3 is 1. The minimum absolute atomic E-state index is 0.180. The molecular formula is C14H17ClN3O4S+. The molecule has 0 spiro atoms. The molecule has 23 heavy (non-hydrogen) atoms. The normalized spacial score (nSPS) is 10.6. The van der Waals surface area contributed by atoms with E-state index in [1.54, 1.807) is 19.2 Å². The highest BCUT2D eigenvalue weighted by Gasteiger charge is 2.18. The average Bonchev–Trinajstić information content (AvgIpc) is 2.82. The van der Waals surface area contributed by atoms with Crippen molar-refractivity contribution in [2.45, 2.75) is 18.4 Å². The average molecular weight is 359 g/mol. The molecule has 0 atom stereocenters. The summed E-state index contributed by atoms with van der Waals surface area (Å²) in [5, 5.41) is 6.19. The van der Waals surface area contributed by atoms with Crippen LogP contribution >= 0.6 is 23.4 Å². The molecule has 0 bridgehead atoms. The third-order valence-corrected chi connectivity index (χ3v) is 4.61. The maximum Gasteiger partial charge on any atom is 0.441 e. The molecular weight excluding hydrogens is 342 g/mol. The van der Waals surface area contributed by atoms with Gasteiger partial charge in [-0.15, -0.1) is 0 Å². The van der Waals surface area contributed by atoms with Crippen LogP contribution < -0.4 is 20.4 Å². The van der Waals surface area contributed by atoms with E-state index in [1.807, 2.05) is 6.92 Å². The molecule has 124 valence electrons. The molecule has 1 aromatic carbocycles. The Morgan fingerprint density at radius 2 is 2.26 bits per heavy atom. The number of aryl methyl sites for hydroxylation is 2. The van der Waals surface area contributed by atoms with Crippen LogP contribution in [0.3, 0.4) is 0 Å². The van der Waals surface area contributed by atoms with E-state index in [9.17, 15) is 9.59 Å². The zero-order valence-electron chi connectivity index (χ0n) is 12.9. The van der Waals surface area contributed by atoms with Crippen LogP contribution in [0.5, 0.6) is 5.75 Å². The summed E-state index contributed by atoms with van der Waals surface area (Å²) in [5.41, 5.74) is 0.957. The van der Waals surface area contributed by atoms with Gasteiger partial charge < -0.3 is 10.1 Å². The molecule has 9 heteroatoms. The molecule has 1 amide bonds. The van der Waals surface area contributed by atoms with Gasteiger partial charge in [0.1, 0.15) is 5.75 Å². The predicted molar refractivity (Wildman–Crippen MR) is 87.2 cm³/mol. The molecule has 0 radical (unpaired) electrons. The second-order valence-electron chi connectivity index (χ2n) is 4.79. The Morgan fingerprint density at radius 1 is 1.52 bits per heavy atom. The van der Waals surface area contributed by atoms with E-state index in [4.69, 9.17) is 16.3 Å². The van der Waals surface area contributed by atoms with Gasteiger partial charge in [-0.25, -0.2) is 4.79 Å². The van der Waals surface area contributed by atoms with Gasteiger partial charge in [-0.1, -0.05) is 16.3 Å². The molecule has 0 saturated heterocycles. The second-order valence-corrected chi connectivity index (χ2v) is 6.28. The van der Waals surface area contributed by atoms with E-state index in [2.05, 4.69) is 15.1 Å². The lowest BCUT2D eigenvalue weighted by Crippen LogP contribution is -2.33. The maximum absolute atomic E-state index is 12.0. The highest BCUT2D eigenvalue weighted by Crippen LogP contribution is 2.31. The number of carbonyl (C=O) groups is 1. The van der Waals surface area contributed by atoms with Crippen molar-refractivity contribution in [2.75, 3.05) is 18.2 Å². The number of nitrogens with one attached hydrogen (secondary N) is 2. The summed E-state index contributed by atoms with van der Waals surface area (Å²) < 4.78 is 11.3. The third-order valence-electron chi connectivity index (χ3n) is 3.08. The number of rotatable bonds is 6. The number of carbonyl (C=O) groups excluding carboxylic acids is 1. The SMILES string of the molecule is COc1cc(Cl)c(C)cc1NC(=O)CCSc1c(=O)o[nH][n+]1C. The number of benzene rings is 1. The number of nitrogens with zero attached hydrogens (tertiary/aromatic N) is 1. The lowest BCUT2D eigenvalue weighted by Gasteiger charge is -2.12. The molecule has 0 aliphatic heterocycles. The molecule has 2 N–H and O–H groups in total. The number of thioether (sulfide) groups is 1. The van der Waals surface area contributed by atoms with Crippen LogP contribution in [0.25, 0.3) is 0 Å². The van der Waals surface area contributed by atoms with Crippen molar-refractivity contribution in [1.29, 1.82) is 0 Å². The van der Waals surface area contributed by atoms with Crippen molar-refractivity contribution in [3.63, 3.8) is 0 Å². The first-order chi connectivity index (χ1) is 10.9. The Kier molecular flexibility index (Phi) is 5.73. The van der Waals surface area contributed by atoms with Gasteiger partial charge in [-0.05, 0) is 35.6 Å². The summed E-state index contributed by atoms with van der Waals surface area (Å²) in [6.45, 7) is 1.85. The standard InChI is InChI=1S/C14H16ClN3O4S/c1-8-6-10(11(21-3)7-9(8)15)16-12(19)4-5-23-13-14(20)22-17-18(13)2/h6-7H,4-5H2,1-3H3,(H-,16,17,19,20)/p+1. The van der Waals surface area contributed by atoms with Gasteiger partial charge in [0.15, 0.2) is 7.05 Å². The maximum atomic E-state index is 12.0. The van der Waals surface area contributed by atoms with Gasteiger partial charge in [0, 0.05) is 23.3 Å². The number of aromatic nitrogens is 2. The van der Waals surface area contributed by atoms with Crippen molar-refractivity contribution in [2.24, 2.45) is 7.05 Å². The van der Waals surface area contributed by atoms with Crippen LogP contribution in [0.2, 0.25) is 5.02 Å². The largest absolute Gasteiger partial charge is 0.495 e. The minimum Gasteiger partial charge on any atom is -0.495 e. The van der Waals surface area contributed by atoms with Gasteiger partial charge >= 0.3 is 10.7 Å². The lowest BCUT2D eigenvalue weighted by molar-refractivity contribution is -0.772. The van der Waals surface area contributed by atoms with Gasteiger partial charge in [-0.2, -0.15) is 0 Å². The highest BCUT2D eigenvalue weighted by atomic mass is 35.5. The highest BCUT2D eigenvalue weighted by molar-refractivity contribution is 7.99. The Hall–Kier alpha value is -1.93. The number of ether oxygens (including phenoxy) is 1. The monoisotopic (exact) mass is 358 g/mol. The number of hydrogen-bond acceptors (Lipinski definition) is 5. The zero-order chi connectivity index (χ0) is 17.0. The van der Waals surface area contributed by atoms with Crippen LogP contribution in [-0.2, 0) is 11.8 Å². The molecule has 0 saturated carbocycles. The molecule has 0 aliphatic rings. The quantitative estimate of drug-likeness (QED) is 0.608. The van der Waals surface area contributed by atoms with Crippen molar-refractivity contribution in [3.05, 3.63) is 33.1 Å². The van der Waals surface area contributed by atoms with Crippen molar-refractivity contribution < 1.29 is 18.7 Å². The number of halogens is 1. The molecule has 2 rings (SSSR count). The van der Waals surface area contributed by atoms with Crippen LogP contribution in [-0.4, -0.2) is 24.0 Å². The molecule has 1 aromatic heterocycles. The summed E-state index contributed by atoms with van der Waals surface area (Å²) in [7, 11) is 3.17. The molecule has 0 fully saturated rings. The zero-order valence-corrected chi connectivity index (χ0v) is 14.5. The van der Waals surface area contributed by atoms with Gasteiger partial charge in [0.2, 0.25) is 5.91 Å². The summed E-state index contributed by atoms with van der Waals surface area (Å²) >= 11 is 7.28. The first kappa shape index (κ1) is 17.4. The second kappa shape index (κ2) is 7.56. The molecule has 2 aromatic rings. The Bertz CT molecular complexity index is 772. The Labute approximate surface area is 141 Å². The van der Waals surface area contributed by atoms with Crippen LogP contribution in [0.15, 0.2) is 26.5 Å². The Morgan fingerprint density at radius 3 is 2.87 bits per heavy atom. The van der Waals surface area contributed by atoms with Crippen molar-refractivity contribution in [3.8, 4) is 5.75 Å². The number of anilines is 1. The van der Waals surface area contributed by atoms with E-state index < -0.39 is 5.63 Å². The predicted octanol–water partition coefficient (Wildman–Crippen LogP) is 1.88. The molecule has 0 unspecified atom stereocenters. The Balaban J connectivity index is 1.95. The third kappa shape index (κ3) is 4.29. The van der Waals surface area contributed by atoms with E-state index in [-0.39, 0.29) is 12.3 Å². The number of H-pyrrole nitrogens is 1. The number of hydrogen-bond donors (Lipinski definition) is 2. The van der Waals surface area contributed by atoms with E-state index in [1.165, 1.54) is 23.6 Å². The fourth-order valence-corrected chi connectivity index (χ4v) is 2.90. The van der Waals surface area contributed by atoms with E-state index in [0.717, 1.165) is 5.56 Å². The smallest absolute Gasteiger partial charge is 0.441 e. The molecule has 1 heterocycles. The van der Waals surface area contributed by atoms with Crippen molar-refractivity contribution in [1.82, 2.24) is 5.27 Å². The first-order valence-electron chi connectivity index (χ1n) is 6.76. The van der Waals surface area contributed by atoms with E-state index in [0.29, 0.717) is 27.2 Å². The summed E-state index contributed by atoms with van der Waals surface area (Å²) in [5.74, 6) is 0.761. The summed E-state index contributed by atoms with van der Waals surface area (Å²) in [6.07, 6.45) is 0.236. The number of amides is 1. The topological polar surface area (TPSA) is 88.2 Å². The first-order valence-corrected chi connectivity index (χ1v) is 8.13. The van der Waals surface area contributed by atoms with Gasteiger partial charge in [0.05, 0.1) is 12.8 Å². The fourth-order valence-electron chi connectivity index (χ4n) is 1.87. The summed E-state index contributed by atoms with van der Waals surface area (Å²) in [6, 6.07) is 3.42. The van der Waals surface area contributed by atoms with E-state index >= 15 is 0 Å². The van der Waals surface area contributed by atoms with Crippen LogP contribution in [0, 0.1) is 6.92 Å². The number of aromatic amines is 1. The lowest BCUT2D eigenvalue weighted by atomic mass is 10.2. The van der Waals surface area contributed by atoms with Crippen molar-refractivity contribution >= 4 is 35.0 Å². The van der Waals surface area contributed by atoms with Gasteiger partial charge in [-0.3, -0.25) is 9.32 Å². The van der Waals surface area contributed by atoms with Gasteiger partial charge in [0.25, 0.3) is 0 Å². The van der Waals surface area contributed by atoms with Crippen LogP contribution in [0.4, 0.5) is 5.69 Å². The minimum atomic E-state index is -0.451.